The van der Waals surface area contributed by atoms with Crippen molar-refractivity contribution in [3.63, 3.8) is 0 Å². The summed E-state index contributed by atoms with van der Waals surface area (Å²) < 4.78 is 49.9. The fourth-order valence-electron chi connectivity index (χ4n) is 2.28. The molecule has 0 amide bonds. The number of sulfone groups is 1. The molecule has 0 spiro atoms. The molecule has 1 aromatic heterocycles. The van der Waals surface area contributed by atoms with Crippen LogP contribution in [0.15, 0.2) is 11.1 Å². The average Bonchev–Trinajstić information content (AvgIpc) is 2.96. The number of nitrogens with zero attached hydrogens (tertiary/aromatic N) is 3. The molecule has 2 rings (SSSR count). The summed E-state index contributed by atoms with van der Waals surface area (Å²) in [4.78, 5) is 0.145. The number of nitrogens with one attached hydrogen (secondary N) is 1. The topological polar surface area (TPSA) is 103 Å². The van der Waals surface area contributed by atoms with Gasteiger partial charge in [0.1, 0.15) is 4.90 Å². The first kappa shape index (κ1) is 15.4. The van der Waals surface area contributed by atoms with Crippen LogP contribution in [0.5, 0.6) is 0 Å². The molecule has 0 aliphatic carbocycles. The third kappa shape index (κ3) is 2.73. The van der Waals surface area contributed by atoms with Gasteiger partial charge >= 0.3 is 0 Å². The molecule has 1 unspecified atom stereocenters. The van der Waals surface area contributed by atoms with E-state index in [2.05, 4.69) is 10.2 Å². The highest BCUT2D eigenvalue weighted by molar-refractivity contribution is 7.90. The normalized spacial score (nSPS) is 21.7. The molecule has 1 aliphatic rings. The Morgan fingerprint density at radius 2 is 2.00 bits per heavy atom. The van der Waals surface area contributed by atoms with Crippen LogP contribution in [-0.4, -0.2) is 69.1 Å². The van der Waals surface area contributed by atoms with Gasteiger partial charge in [-0.1, -0.05) is 0 Å². The molecule has 0 bridgehead atoms. The Balaban J connectivity index is 2.26. The van der Waals surface area contributed by atoms with Gasteiger partial charge < -0.3 is 0 Å². The van der Waals surface area contributed by atoms with Crippen LogP contribution in [0.2, 0.25) is 0 Å². The van der Waals surface area contributed by atoms with Crippen molar-refractivity contribution in [2.24, 2.45) is 0 Å². The minimum absolute atomic E-state index is 0.145. The molecule has 2 heterocycles. The van der Waals surface area contributed by atoms with Crippen molar-refractivity contribution in [3.05, 3.63) is 11.9 Å². The van der Waals surface area contributed by atoms with Crippen LogP contribution in [0.3, 0.4) is 0 Å². The van der Waals surface area contributed by atoms with Gasteiger partial charge in [-0.15, -0.1) is 0 Å². The van der Waals surface area contributed by atoms with E-state index in [9.17, 15) is 16.8 Å². The number of hydrogen-bond acceptors (Lipinski definition) is 5. The number of rotatable bonds is 4. The smallest absolute Gasteiger partial charge is 0.281 e. The summed E-state index contributed by atoms with van der Waals surface area (Å²) in [6.07, 6.45) is 2.95. The predicted molar refractivity (Wildman–Crippen MR) is 73.2 cm³/mol. The SMILES string of the molecule is CN(C)S(=O)(=O)N1CCC(c2[nH]ncc2S(C)(=O)=O)C1. The summed E-state index contributed by atoms with van der Waals surface area (Å²) in [5.74, 6) is -0.183. The Labute approximate surface area is 118 Å². The molecule has 10 heteroatoms. The largest absolute Gasteiger partial charge is 0.281 e. The molecule has 8 nitrogen and oxygen atoms in total. The maximum Gasteiger partial charge on any atom is 0.281 e. The summed E-state index contributed by atoms with van der Waals surface area (Å²) in [6, 6.07) is 0. The number of hydrogen-bond donors (Lipinski definition) is 1. The predicted octanol–water partition coefficient (Wildman–Crippen LogP) is -0.591. The average molecular weight is 322 g/mol. The highest BCUT2D eigenvalue weighted by atomic mass is 32.2. The van der Waals surface area contributed by atoms with E-state index >= 15 is 0 Å². The van der Waals surface area contributed by atoms with Gasteiger partial charge in [-0.3, -0.25) is 5.10 Å². The molecule has 1 fully saturated rings. The van der Waals surface area contributed by atoms with Crippen LogP contribution >= 0.6 is 0 Å². The second-order valence-electron chi connectivity index (χ2n) is 5.05. The lowest BCUT2D eigenvalue weighted by molar-refractivity contribution is 0.418. The van der Waals surface area contributed by atoms with Crippen LogP contribution in [0.25, 0.3) is 0 Å². The standard InChI is InChI=1S/C10H18N4O4S2/c1-13(2)20(17,18)14-5-4-8(7-14)10-9(6-11-12-10)19(3,15)16/h6,8H,4-5,7H2,1-3H3,(H,11,12). The molecular weight excluding hydrogens is 304 g/mol. The highest BCUT2D eigenvalue weighted by Crippen LogP contribution is 2.31. The molecule has 1 aliphatic heterocycles. The minimum Gasteiger partial charge on any atom is -0.281 e. The van der Waals surface area contributed by atoms with E-state index in [1.54, 1.807) is 0 Å². The summed E-state index contributed by atoms with van der Waals surface area (Å²) >= 11 is 0. The summed E-state index contributed by atoms with van der Waals surface area (Å²) in [5, 5.41) is 6.46. The Bertz CT molecular complexity index is 693. The zero-order valence-corrected chi connectivity index (χ0v) is 13.2. The third-order valence-electron chi connectivity index (χ3n) is 3.38. The Hall–Kier alpha value is -0.970. The highest BCUT2D eigenvalue weighted by Gasteiger charge is 2.36. The molecule has 1 aromatic rings. The van der Waals surface area contributed by atoms with Crippen LogP contribution in [0, 0.1) is 0 Å². The van der Waals surface area contributed by atoms with E-state index in [1.807, 2.05) is 0 Å². The van der Waals surface area contributed by atoms with Crippen LogP contribution < -0.4 is 0 Å². The molecule has 1 saturated heterocycles. The van der Waals surface area contributed by atoms with Crippen LogP contribution in [-0.2, 0) is 20.0 Å². The lowest BCUT2D eigenvalue weighted by Gasteiger charge is -2.20. The Morgan fingerprint density at radius 1 is 1.35 bits per heavy atom. The first-order chi connectivity index (χ1) is 9.14. The van der Waals surface area contributed by atoms with Crippen molar-refractivity contribution in [1.29, 1.82) is 0 Å². The van der Waals surface area contributed by atoms with E-state index in [-0.39, 0.29) is 17.4 Å². The van der Waals surface area contributed by atoms with Crippen LogP contribution in [0.1, 0.15) is 18.0 Å². The van der Waals surface area contributed by atoms with E-state index in [1.165, 1.54) is 24.6 Å². The van der Waals surface area contributed by atoms with Crippen molar-refractivity contribution in [2.75, 3.05) is 33.4 Å². The van der Waals surface area contributed by atoms with Gasteiger partial charge in [-0.05, 0) is 6.42 Å². The first-order valence-electron chi connectivity index (χ1n) is 6.05. The summed E-state index contributed by atoms with van der Waals surface area (Å²) in [7, 11) is -3.89. The number of aromatic amines is 1. The maximum atomic E-state index is 12.0. The van der Waals surface area contributed by atoms with Crippen molar-refractivity contribution >= 4 is 20.0 Å². The zero-order valence-electron chi connectivity index (χ0n) is 11.6. The van der Waals surface area contributed by atoms with E-state index < -0.39 is 20.0 Å². The zero-order chi connectivity index (χ0) is 15.1. The summed E-state index contributed by atoms with van der Waals surface area (Å²) in [5.41, 5.74) is 0.490. The van der Waals surface area contributed by atoms with Gasteiger partial charge in [0.2, 0.25) is 0 Å². The van der Waals surface area contributed by atoms with Gasteiger partial charge in [0.15, 0.2) is 9.84 Å². The van der Waals surface area contributed by atoms with Crippen molar-refractivity contribution in [3.8, 4) is 0 Å². The lowest BCUT2D eigenvalue weighted by Crippen LogP contribution is -2.38. The fourth-order valence-corrected chi connectivity index (χ4v) is 4.30. The van der Waals surface area contributed by atoms with E-state index in [0.29, 0.717) is 18.7 Å². The third-order valence-corrected chi connectivity index (χ3v) is 6.41. The lowest BCUT2D eigenvalue weighted by atomic mass is 10.1. The minimum atomic E-state index is -3.47. The number of aromatic nitrogens is 2. The fraction of sp³-hybridized carbons (Fsp3) is 0.700. The molecule has 0 aromatic carbocycles. The van der Waals surface area contributed by atoms with Gasteiger partial charge in [0, 0.05) is 39.4 Å². The van der Waals surface area contributed by atoms with Crippen molar-refractivity contribution in [1.82, 2.24) is 18.8 Å². The summed E-state index contributed by atoms with van der Waals surface area (Å²) in [6.45, 7) is 0.624. The van der Waals surface area contributed by atoms with E-state index in [4.69, 9.17) is 0 Å². The molecule has 0 radical (unpaired) electrons. The van der Waals surface area contributed by atoms with Crippen molar-refractivity contribution < 1.29 is 16.8 Å². The molecule has 114 valence electrons. The Morgan fingerprint density at radius 3 is 2.55 bits per heavy atom. The van der Waals surface area contributed by atoms with Gasteiger partial charge in [0.25, 0.3) is 10.2 Å². The van der Waals surface area contributed by atoms with E-state index in [0.717, 1.165) is 10.6 Å². The second-order valence-corrected chi connectivity index (χ2v) is 9.18. The van der Waals surface area contributed by atoms with Gasteiger partial charge in [-0.25, -0.2) is 8.42 Å². The molecule has 0 saturated carbocycles. The first-order valence-corrected chi connectivity index (χ1v) is 9.34. The number of H-pyrrole nitrogens is 1. The van der Waals surface area contributed by atoms with Gasteiger partial charge in [0.05, 0.1) is 11.9 Å². The molecule has 20 heavy (non-hydrogen) atoms. The van der Waals surface area contributed by atoms with Gasteiger partial charge in [-0.2, -0.15) is 22.1 Å². The Kier molecular flexibility index (Phi) is 3.93. The molecule has 1 N–H and O–H groups in total. The van der Waals surface area contributed by atoms with Crippen LogP contribution in [0.4, 0.5) is 0 Å². The maximum absolute atomic E-state index is 12.0. The molecule has 1 atom stereocenters. The quantitative estimate of drug-likeness (QED) is 0.798. The molecular formula is C10H18N4O4S2. The monoisotopic (exact) mass is 322 g/mol. The second kappa shape index (κ2) is 5.10. The van der Waals surface area contributed by atoms with Crippen molar-refractivity contribution in [2.45, 2.75) is 17.2 Å².